The first-order valence-electron chi connectivity index (χ1n) is 6.81. The maximum Gasteiger partial charge on any atom is 0.272 e. The summed E-state index contributed by atoms with van der Waals surface area (Å²) in [4.78, 5) is 15.7. The van der Waals surface area contributed by atoms with Gasteiger partial charge in [-0.25, -0.2) is 0 Å². The summed E-state index contributed by atoms with van der Waals surface area (Å²) < 4.78 is 6.16. The lowest BCUT2D eigenvalue weighted by Gasteiger charge is -2.05. The van der Waals surface area contributed by atoms with Gasteiger partial charge in [-0.3, -0.25) is 4.79 Å². The molecule has 0 saturated carbocycles. The van der Waals surface area contributed by atoms with E-state index in [-0.39, 0.29) is 5.91 Å². The lowest BCUT2D eigenvalue weighted by molar-refractivity contribution is 0.102. The largest absolute Gasteiger partial charge is 0.497 e. The molecular weight excluding hydrogens is 344 g/mol. The van der Waals surface area contributed by atoms with Crippen LogP contribution in [-0.4, -0.2) is 18.0 Å². The van der Waals surface area contributed by atoms with Crippen LogP contribution in [0.5, 0.6) is 5.75 Å². The standard InChI is InChI=1S/C17H15BrN2O2/c1-10-14-9-13(22-2)6-7-15(14)20-16(10)17(21)19-12-5-3-4-11(18)8-12/h3-9,20H,1-2H3,(H,19,21). The topological polar surface area (TPSA) is 54.1 Å². The van der Waals surface area contributed by atoms with Gasteiger partial charge in [-0.15, -0.1) is 0 Å². The van der Waals surface area contributed by atoms with E-state index in [2.05, 4.69) is 26.2 Å². The van der Waals surface area contributed by atoms with Crippen molar-refractivity contribution in [1.82, 2.24) is 4.98 Å². The normalized spacial score (nSPS) is 10.7. The van der Waals surface area contributed by atoms with E-state index in [9.17, 15) is 4.79 Å². The SMILES string of the molecule is COc1ccc2[nH]c(C(=O)Nc3cccc(Br)c3)c(C)c2c1. The Kier molecular flexibility index (Phi) is 3.90. The van der Waals surface area contributed by atoms with Crippen LogP contribution in [0, 0.1) is 6.92 Å². The van der Waals surface area contributed by atoms with Crippen molar-refractivity contribution in [3.63, 3.8) is 0 Å². The molecule has 4 nitrogen and oxygen atoms in total. The first-order valence-corrected chi connectivity index (χ1v) is 7.61. The summed E-state index contributed by atoms with van der Waals surface area (Å²) >= 11 is 3.39. The summed E-state index contributed by atoms with van der Waals surface area (Å²) in [6, 6.07) is 13.2. The van der Waals surface area contributed by atoms with Gasteiger partial charge in [0.1, 0.15) is 11.4 Å². The van der Waals surface area contributed by atoms with Crippen LogP contribution in [0.1, 0.15) is 16.1 Å². The molecule has 2 aromatic carbocycles. The molecule has 1 amide bonds. The molecule has 1 heterocycles. The van der Waals surface area contributed by atoms with Crippen LogP contribution >= 0.6 is 15.9 Å². The summed E-state index contributed by atoms with van der Waals surface area (Å²) in [7, 11) is 1.63. The van der Waals surface area contributed by atoms with E-state index in [1.54, 1.807) is 7.11 Å². The number of hydrogen-bond donors (Lipinski definition) is 2. The molecular formula is C17H15BrN2O2. The summed E-state index contributed by atoms with van der Waals surface area (Å²) in [6.07, 6.45) is 0. The maximum atomic E-state index is 12.5. The van der Waals surface area contributed by atoms with E-state index >= 15 is 0 Å². The highest BCUT2D eigenvalue weighted by molar-refractivity contribution is 9.10. The van der Waals surface area contributed by atoms with Gasteiger partial charge in [0.05, 0.1) is 7.11 Å². The van der Waals surface area contributed by atoms with E-state index in [1.807, 2.05) is 49.4 Å². The van der Waals surface area contributed by atoms with Gasteiger partial charge in [-0.2, -0.15) is 0 Å². The number of benzene rings is 2. The number of nitrogens with one attached hydrogen (secondary N) is 2. The van der Waals surface area contributed by atoms with Crippen LogP contribution in [0.2, 0.25) is 0 Å². The quantitative estimate of drug-likeness (QED) is 0.724. The maximum absolute atomic E-state index is 12.5. The fourth-order valence-corrected chi connectivity index (χ4v) is 2.82. The Morgan fingerprint density at radius 2 is 2.05 bits per heavy atom. The van der Waals surface area contributed by atoms with Gasteiger partial charge in [0, 0.05) is 21.1 Å². The van der Waals surface area contributed by atoms with Gasteiger partial charge in [-0.1, -0.05) is 22.0 Å². The molecule has 0 aliphatic carbocycles. The molecule has 22 heavy (non-hydrogen) atoms. The number of methoxy groups -OCH3 is 1. The minimum absolute atomic E-state index is 0.161. The zero-order valence-corrected chi connectivity index (χ0v) is 13.8. The number of rotatable bonds is 3. The van der Waals surface area contributed by atoms with E-state index in [0.29, 0.717) is 5.69 Å². The first-order chi connectivity index (χ1) is 10.6. The highest BCUT2D eigenvalue weighted by Gasteiger charge is 2.15. The number of anilines is 1. The minimum Gasteiger partial charge on any atom is -0.497 e. The summed E-state index contributed by atoms with van der Waals surface area (Å²) in [6.45, 7) is 1.92. The Labute approximate surface area is 136 Å². The Balaban J connectivity index is 1.95. The van der Waals surface area contributed by atoms with Crippen molar-refractivity contribution in [2.24, 2.45) is 0 Å². The van der Waals surface area contributed by atoms with Crippen LogP contribution < -0.4 is 10.1 Å². The van der Waals surface area contributed by atoms with E-state index in [0.717, 1.165) is 32.4 Å². The Hall–Kier alpha value is -2.27. The van der Waals surface area contributed by atoms with Crippen LogP contribution in [0.25, 0.3) is 10.9 Å². The number of aromatic amines is 1. The lowest BCUT2D eigenvalue weighted by Crippen LogP contribution is -2.13. The first kappa shape index (κ1) is 14.7. The molecule has 3 rings (SSSR count). The fraction of sp³-hybridized carbons (Fsp3) is 0.118. The monoisotopic (exact) mass is 358 g/mol. The number of ether oxygens (including phenoxy) is 1. The molecule has 3 aromatic rings. The highest BCUT2D eigenvalue weighted by Crippen LogP contribution is 2.26. The van der Waals surface area contributed by atoms with Gasteiger partial charge in [0.15, 0.2) is 0 Å². The Morgan fingerprint density at radius 1 is 1.23 bits per heavy atom. The number of halogens is 1. The summed E-state index contributed by atoms with van der Waals surface area (Å²) in [5.74, 6) is 0.610. The highest BCUT2D eigenvalue weighted by atomic mass is 79.9. The molecule has 1 aromatic heterocycles. The Morgan fingerprint density at radius 3 is 2.77 bits per heavy atom. The van der Waals surface area contributed by atoms with Crippen molar-refractivity contribution in [3.05, 3.63) is 58.2 Å². The number of hydrogen-bond acceptors (Lipinski definition) is 2. The third-order valence-electron chi connectivity index (χ3n) is 3.57. The molecule has 0 fully saturated rings. The number of carbonyl (C=O) groups excluding carboxylic acids is 1. The van der Waals surface area contributed by atoms with Crippen LogP contribution in [0.15, 0.2) is 46.9 Å². The lowest BCUT2D eigenvalue weighted by atomic mass is 10.1. The molecule has 0 saturated heterocycles. The molecule has 5 heteroatoms. The number of aromatic nitrogens is 1. The van der Waals surface area contributed by atoms with Gasteiger partial charge < -0.3 is 15.0 Å². The number of H-pyrrole nitrogens is 1. The number of aryl methyl sites for hydroxylation is 1. The summed E-state index contributed by atoms with van der Waals surface area (Å²) in [5.41, 5.74) is 3.12. The predicted molar refractivity (Wildman–Crippen MR) is 91.7 cm³/mol. The molecule has 0 aliphatic rings. The van der Waals surface area contributed by atoms with Crippen molar-refractivity contribution in [2.45, 2.75) is 6.92 Å². The fourth-order valence-electron chi connectivity index (χ4n) is 2.42. The van der Waals surface area contributed by atoms with Crippen molar-refractivity contribution >= 4 is 38.4 Å². The van der Waals surface area contributed by atoms with Crippen molar-refractivity contribution in [2.75, 3.05) is 12.4 Å². The van der Waals surface area contributed by atoms with Crippen LogP contribution in [0.3, 0.4) is 0 Å². The molecule has 112 valence electrons. The van der Waals surface area contributed by atoms with Crippen LogP contribution in [-0.2, 0) is 0 Å². The van der Waals surface area contributed by atoms with Gasteiger partial charge in [0.2, 0.25) is 0 Å². The van der Waals surface area contributed by atoms with Crippen molar-refractivity contribution in [3.8, 4) is 5.75 Å². The number of amides is 1. The minimum atomic E-state index is -0.161. The predicted octanol–water partition coefficient (Wildman–Crippen LogP) is 4.50. The molecule has 2 N–H and O–H groups in total. The zero-order chi connectivity index (χ0) is 15.7. The third kappa shape index (κ3) is 2.72. The third-order valence-corrected chi connectivity index (χ3v) is 4.07. The average molecular weight is 359 g/mol. The molecule has 0 radical (unpaired) electrons. The van der Waals surface area contributed by atoms with Crippen molar-refractivity contribution in [1.29, 1.82) is 0 Å². The number of carbonyl (C=O) groups is 1. The van der Waals surface area contributed by atoms with E-state index < -0.39 is 0 Å². The average Bonchev–Trinajstić information content (AvgIpc) is 2.84. The second-order valence-corrected chi connectivity index (χ2v) is 5.92. The van der Waals surface area contributed by atoms with E-state index in [1.165, 1.54) is 0 Å². The van der Waals surface area contributed by atoms with Crippen molar-refractivity contribution < 1.29 is 9.53 Å². The molecule has 0 atom stereocenters. The smallest absolute Gasteiger partial charge is 0.272 e. The summed E-state index contributed by atoms with van der Waals surface area (Å²) in [5, 5.41) is 3.88. The van der Waals surface area contributed by atoms with Gasteiger partial charge in [-0.05, 0) is 48.9 Å². The Bertz CT molecular complexity index is 855. The molecule has 0 bridgehead atoms. The van der Waals surface area contributed by atoms with Gasteiger partial charge in [0.25, 0.3) is 5.91 Å². The second kappa shape index (κ2) is 5.85. The second-order valence-electron chi connectivity index (χ2n) is 5.00. The van der Waals surface area contributed by atoms with Gasteiger partial charge >= 0.3 is 0 Å². The molecule has 0 aliphatic heterocycles. The molecule has 0 spiro atoms. The molecule has 0 unspecified atom stereocenters. The van der Waals surface area contributed by atoms with E-state index in [4.69, 9.17) is 4.74 Å². The van der Waals surface area contributed by atoms with Crippen LogP contribution in [0.4, 0.5) is 5.69 Å². The number of fused-ring (bicyclic) bond motifs is 1. The zero-order valence-electron chi connectivity index (χ0n) is 12.2.